The maximum Gasteiger partial charge on any atom is 0.310 e. The van der Waals surface area contributed by atoms with Gasteiger partial charge in [0.25, 0.3) is 0 Å². The number of hydrogen-bond donors (Lipinski definition) is 1. The lowest BCUT2D eigenvalue weighted by Gasteiger charge is -2.17. The Labute approximate surface area is 126 Å². The van der Waals surface area contributed by atoms with Gasteiger partial charge in [-0.05, 0) is 31.1 Å². The molecule has 0 radical (unpaired) electrons. The van der Waals surface area contributed by atoms with Crippen LogP contribution in [0.1, 0.15) is 32.8 Å². The predicted octanol–water partition coefficient (Wildman–Crippen LogP) is 3.37. The van der Waals surface area contributed by atoms with E-state index in [2.05, 4.69) is 29.8 Å². The number of para-hydroxylation sites is 1. The van der Waals surface area contributed by atoms with E-state index in [4.69, 9.17) is 4.74 Å². The number of ether oxygens (including phenoxy) is 1. The highest BCUT2D eigenvalue weighted by Crippen LogP contribution is 2.27. The number of H-pyrrole nitrogens is 1. The van der Waals surface area contributed by atoms with Crippen molar-refractivity contribution in [3.63, 3.8) is 0 Å². The highest BCUT2D eigenvalue weighted by molar-refractivity contribution is 5.90. The Morgan fingerprint density at radius 1 is 1.24 bits per heavy atom. The number of carbonyl (C=O) groups excluding carboxylic acids is 1. The normalized spacial score (nSPS) is 11.2. The van der Waals surface area contributed by atoms with Crippen LogP contribution in [-0.2, 0) is 11.2 Å². The SMILES string of the molecule is CCC(=O)Oc1cccc2c(CCN(CC)CC)c[nH]c12. The van der Waals surface area contributed by atoms with Gasteiger partial charge in [0.1, 0.15) is 0 Å². The molecular weight excluding hydrogens is 264 g/mol. The van der Waals surface area contributed by atoms with Crippen molar-refractivity contribution in [3.05, 3.63) is 30.0 Å². The Kier molecular flexibility index (Phi) is 5.39. The fraction of sp³-hybridized carbons (Fsp3) is 0.471. The van der Waals surface area contributed by atoms with Crippen LogP contribution in [0, 0.1) is 0 Å². The second-order valence-electron chi connectivity index (χ2n) is 5.10. The lowest BCUT2D eigenvalue weighted by atomic mass is 10.1. The summed E-state index contributed by atoms with van der Waals surface area (Å²) in [6, 6.07) is 5.85. The summed E-state index contributed by atoms with van der Waals surface area (Å²) in [6.07, 6.45) is 3.40. The molecule has 0 aliphatic rings. The molecule has 2 rings (SSSR count). The van der Waals surface area contributed by atoms with Gasteiger partial charge < -0.3 is 14.6 Å². The average molecular weight is 288 g/mol. The van der Waals surface area contributed by atoms with Crippen molar-refractivity contribution in [3.8, 4) is 5.75 Å². The summed E-state index contributed by atoms with van der Waals surface area (Å²) in [5.74, 6) is 0.412. The summed E-state index contributed by atoms with van der Waals surface area (Å²) in [5.41, 5.74) is 2.18. The van der Waals surface area contributed by atoms with E-state index in [9.17, 15) is 4.79 Å². The van der Waals surface area contributed by atoms with E-state index in [-0.39, 0.29) is 5.97 Å². The number of benzene rings is 1. The zero-order valence-corrected chi connectivity index (χ0v) is 13.1. The van der Waals surface area contributed by atoms with Gasteiger partial charge >= 0.3 is 5.97 Å². The molecule has 1 aromatic carbocycles. The van der Waals surface area contributed by atoms with Crippen LogP contribution in [0.2, 0.25) is 0 Å². The molecule has 0 atom stereocenters. The Morgan fingerprint density at radius 2 is 2.00 bits per heavy atom. The number of nitrogens with one attached hydrogen (secondary N) is 1. The fourth-order valence-corrected chi connectivity index (χ4v) is 2.49. The topological polar surface area (TPSA) is 45.3 Å². The largest absolute Gasteiger partial charge is 0.424 e. The Hall–Kier alpha value is -1.81. The van der Waals surface area contributed by atoms with E-state index in [1.165, 1.54) is 5.56 Å². The van der Waals surface area contributed by atoms with E-state index in [0.717, 1.165) is 37.0 Å². The highest BCUT2D eigenvalue weighted by atomic mass is 16.5. The summed E-state index contributed by atoms with van der Waals surface area (Å²) >= 11 is 0. The lowest BCUT2D eigenvalue weighted by Crippen LogP contribution is -2.25. The van der Waals surface area contributed by atoms with Crippen LogP contribution >= 0.6 is 0 Å². The van der Waals surface area contributed by atoms with Crippen molar-refractivity contribution in [2.24, 2.45) is 0 Å². The minimum Gasteiger partial charge on any atom is -0.424 e. The molecule has 0 saturated carbocycles. The number of fused-ring (bicyclic) bond motifs is 1. The van der Waals surface area contributed by atoms with E-state index in [1.54, 1.807) is 6.92 Å². The second kappa shape index (κ2) is 7.27. The minimum absolute atomic E-state index is 0.207. The number of rotatable bonds is 7. The standard InChI is InChI=1S/C17H24N2O2/c1-4-16(20)21-15-9-7-8-14-13(12-18-17(14)15)10-11-19(5-2)6-3/h7-9,12,18H,4-6,10-11H2,1-3H3. The number of hydrogen-bond acceptors (Lipinski definition) is 3. The number of esters is 1. The van der Waals surface area contributed by atoms with Gasteiger partial charge in [-0.2, -0.15) is 0 Å². The van der Waals surface area contributed by atoms with Crippen molar-refractivity contribution in [1.82, 2.24) is 9.88 Å². The zero-order valence-electron chi connectivity index (χ0n) is 13.1. The molecule has 0 aliphatic heterocycles. The molecule has 0 unspecified atom stereocenters. The molecule has 21 heavy (non-hydrogen) atoms. The number of nitrogens with zero attached hydrogens (tertiary/aromatic N) is 1. The Balaban J connectivity index is 2.20. The van der Waals surface area contributed by atoms with Gasteiger partial charge in [0.15, 0.2) is 5.75 Å². The van der Waals surface area contributed by atoms with Crippen molar-refractivity contribution < 1.29 is 9.53 Å². The molecule has 1 aromatic heterocycles. The van der Waals surface area contributed by atoms with Gasteiger partial charge in [-0.15, -0.1) is 0 Å². The summed E-state index contributed by atoms with van der Waals surface area (Å²) < 4.78 is 5.38. The van der Waals surface area contributed by atoms with Crippen molar-refractivity contribution in [2.75, 3.05) is 19.6 Å². The summed E-state index contributed by atoms with van der Waals surface area (Å²) in [7, 11) is 0. The zero-order chi connectivity index (χ0) is 15.2. The molecule has 0 amide bonds. The van der Waals surface area contributed by atoms with Gasteiger partial charge in [0.2, 0.25) is 0 Å². The van der Waals surface area contributed by atoms with Crippen LogP contribution in [-0.4, -0.2) is 35.5 Å². The van der Waals surface area contributed by atoms with Crippen LogP contribution in [0.25, 0.3) is 10.9 Å². The van der Waals surface area contributed by atoms with Crippen LogP contribution in [0.15, 0.2) is 24.4 Å². The van der Waals surface area contributed by atoms with Crippen LogP contribution in [0.4, 0.5) is 0 Å². The van der Waals surface area contributed by atoms with Gasteiger partial charge in [0, 0.05) is 24.5 Å². The van der Waals surface area contributed by atoms with Gasteiger partial charge in [0.05, 0.1) is 5.52 Å². The van der Waals surface area contributed by atoms with Crippen LogP contribution in [0.5, 0.6) is 5.75 Å². The van der Waals surface area contributed by atoms with Gasteiger partial charge in [-0.1, -0.05) is 32.9 Å². The Morgan fingerprint density at radius 3 is 2.67 bits per heavy atom. The first-order chi connectivity index (χ1) is 10.2. The quantitative estimate of drug-likeness (QED) is 0.627. The molecule has 0 aliphatic carbocycles. The number of carbonyl (C=O) groups is 1. The number of aromatic amines is 1. The average Bonchev–Trinajstić information content (AvgIpc) is 2.92. The third kappa shape index (κ3) is 3.64. The van der Waals surface area contributed by atoms with Crippen molar-refractivity contribution >= 4 is 16.9 Å². The fourth-order valence-electron chi connectivity index (χ4n) is 2.49. The Bertz CT molecular complexity index is 600. The minimum atomic E-state index is -0.207. The summed E-state index contributed by atoms with van der Waals surface area (Å²) in [6.45, 7) is 9.34. The molecule has 4 heteroatoms. The molecule has 4 nitrogen and oxygen atoms in total. The molecule has 1 N–H and O–H groups in total. The molecule has 0 spiro atoms. The second-order valence-corrected chi connectivity index (χ2v) is 5.10. The molecule has 1 heterocycles. The van der Waals surface area contributed by atoms with Crippen molar-refractivity contribution in [1.29, 1.82) is 0 Å². The molecule has 0 saturated heterocycles. The molecule has 114 valence electrons. The van der Waals surface area contributed by atoms with E-state index in [1.807, 2.05) is 18.3 Å². The first-order valence-corrected chi connectivity index (χ1v) is 7.71. The van der Waals surface area contributed by atoms with Crippen LogP contribution < -0.4 is 4.74 Å². The summed E-state index contributed by atoms with van der Waals surface area (Å²) in [5, 5.41) is 1.14. The molecular formula is C17H24N2O2. The first-order valence-electron chi connectivity index (χ1n) is 7.71. The first kappa shape index (κ1) is 15.6. The third-order valence-electron chi connectivity index (χ3n) is 3.87. The molecule has 0 bridgehead atoms. The lowest BCUT2D eigenvalue weighted by molar-refractivity contribution is -0.133. The maximum atomic E-state index is 11.5. The number of aromatic nitrogens is 1. The van der Waals surface area contributed by atoms with Crippen LogP contribution in [0.3, 0.4) is 0 Å². The molecule has 0 fully saturated rings. The van der Waals surface area contributed by atoms with Crippen molar-refractivity contribution in [2.45, 2.75) is 33.6 Å². The van der Waals surface area contributed by atoms with Gasteiger partial charge in [-0.3, -0.25) is 4.79 Å². The van der Waals surface area contributed by atoms with Gasteiger partial charge in [-0.25, -0.2) is 0 Å². The van der Waals surface area contributed by atoms with E-state index in [0.29, 0.717) is 12.2 Å². The molecule has 2 aromatic rings. The smallest absolute Gasteiger partial charge is 0.310 e. The number of likely N-dealkylation sites (N-methyl/N-ethyl adjacent to an activating group) is 1. The summed E-state index contributed by atoms with van der Waals surface area (Å²) in [4.78, 5) is 17.1. The predicted molar refractivity (Wildman–Crippen MR) is 85.7 cm³/mol. The highest BCUT2D eigenvalue weighted by Gasteiger charge is 2.11. The van der Waals surface area contributed by atoms with E-state index >= 15 is 0 Å². The third-order valence-corrected chi connectivity index (χ3v) is 3.87. The van der Waals surface area contributed by atoms with E-state index < -0.39 is 0 Å². The monoisotopic (exact) mass is 288 g/mol. The maximum absolute atomic E-state index is 11.5.